The van der Waals surface area contributed by atoms with Crippen LogP contribution in [0.3, 0.4) is 0 Å². The van der Waals surface area contributed by atoms with E-state index in [0.717, 1.165) is 5.39 Å². The Bertz CT molecular complexity index is 839. The summed E-state index contributed by atoms with van der Waals surface area (Å²) in [5, 5.41) is 0.803. The Morgan fingerprint density at radius 2 is 2.00 bits per heavy atom. The van der Waals surface area contributed by atoms with Crippen molar-refractivity contribution in [2.45, 2.75) is 0 Å². The van der Waals surface area contributed by atoms with E-state index >= 15 is 0 Å². The molecule has 0 saturated heterocycles. The molecular formula is C16H10BrFO3. The third-order valence-electron chi connectivity index (χ3n) is 3.13. The third kappa shape index (κ3) is 2.56. The number of carbonyl (C=O) groups is 1. The van der Waals surface area contributed by atoms with Gasteiger partial charge in [0.25, 0.3) is 0 Å². The Kier molecular flexibility index (Phi) is 3.51. The first-order valence-corrected chi connectivity index (χ1v) is 6.95. The summed E-state index contributed by atoms with van der Waals surface area (Å²) in [6, 6.07) is 10.9. The first kappa shape index (κ1) is 13.8. The molecule has 0 bridgehead atoms. The monoisotopic (exact) mass is 348 g/mol. The van der Waals surface area contributed by atoms with E-state index in [1.54, 1.807) is 25.3 Å². The Hall–Kier alpha value is -2.14. The fourth-order valence-corrected chi connectivity index (χ4v) is 2.59. The van der Waals surface area contributed by atoms with Crippen LogP contribution in [0, 0.1) is 5.82 Å². The Balaban J connectivity index is 2.05. The number of rotatable bonds is 3. The van der Waals surface area contributed by atoms with Crippen molar-refractivity contribution in [2.24, 2.45) is 0 Å². The summed E-state index contributed by atoms with van der Waals surface area (Å²) in [4.78, 5) is 12.4. The molecule has 21 heavy (non-hydrogen) atoms. The Labute approximate surface area is 128 Å². The van der Waals surface area contributed by atoms with Gasteiger partial charge in [0.15, 0.2) is 5.76 Å². The van der Waals surface area contributed by atoms with Crippen molar-refractivity contribution >= 4 is 32.7 Å². The number of hydrogen-bond acceptors (Lipinski definition) is 3. The molecule has 0 atom stereocenters. The SMILES string of the molecule is COc1ccc2cc(C(=O)c3ccc(F)cc3Br)oc2c1. The van der Waals surface area contributed by atoms with Gasteiger partial charge in [0.05, 0.1) is 7.11 Å². The number of ether oxygens (including phenoxy) is 1. The second-order valence-corrected chi connectivity index (χ2v) is 5.32. The largest absolute Gasteiger partial charge is 0.497 e. The number of fused-ring (bicyclic) bond motifs is 1. The van der Waals surface area contributed by atoms with Crippen molar-refractivity contribution in [3.63, 3.8) is 0 Å². The van der Waals surface area contributed by atoms with Crippen LogP contribution in [0.2, 0.25) is 0 Å². The lowest BCUT2D eigenvalue weighted by Gasteiger charge is -2.01. The van der Waals surface area contributed by atoms with E-state index in [1.807, 2.05) is 6.07 Å². The number of halogens is 2. The van der Waals surface area contributed by atoms with Gasteiger partial charge in [0, 0.05) is 21.5 Å². The number of benzene rings is 2. The predicted octanol–water partition coefficient (Wildman–Crippen LogP) is 4.57. The summed E-state index contributed by atoms with van der Waals surface area (Å²) >= 11 is 3.19. The second kappa shape index (κ2) is 5.33. The molecule has 0 fully saturated rings. The topological polar surface area (TPSA) is 39.4 Å². The van der Waals surface area contributed by atoms with Crippen molar-refractivity contribution in [1.29, 1.82) is 0 Å². The highest BCUT2D eigenvalue weighted by Crippen LogP contribution is 2.27. The maximum Gasteiger partial charge on any atom is 0.229 e. The third-order valence-corrected chi connectivity index (χ3v) is 3.78. The first-order valence-electron chi connectivity index (χ1n) is 6.16. The molecule has 2 aromatic carbocycles. The van der Waals surface area contributed by atoms with Crippen LogP contribution < -0.4 is 4.74 Å². The summed E-state index contributed by atoms with van der Waals surface area (Å²) in [6.07, 6.45) is 0. The lowest BCUT2D eigenvalue weighted by Crippen LogP contribution is -2.00. The van der Waals surface area contributed by atoms with Gasteiger partial charge in [0.1, 0.15) is 17.1 Å². The van der Waals surface area contributed by atoms with Gasteiger partial charge in [-0.05, 0) is 52.3 Å². The van der Waals surface area contributed by atoms with Crippen LogP contribution in [0.4, 0.5) is 4.39 Å². The van der Waals surface area contributed by atoms with E-state index in [-0.39, 0.29) is 11.5 Å². The van der Waals surface area contributed by atoms with Gasteiger partial charge in [0.2, 0.25) is 5.78 Å². The van der Waals surface area contributed by atoms with E-state index in [9.17, 15) is 9.18 Å². The van der Waals surface area contributed by atoms with E-state index in [4.69, 9.17) is 9.15 Å². The molecule has 5 heteroatoms. The summed E-state index contributed by atoms with van der Waals surface area (Å²) in [6.45, 7) is 0. The zero-order chi connectivity index (χ0) is 15.0. The average molecular weight is 349 g/mol. The molecule has 3 aromatic rings. The smallest absolute Gasteiger partial charge is 0.229 e. The van der Waals surface area contributed by atoms with Gasteiger partial charge < -0.3 is 9.15 Å². The fourth-order valence-electron chi connectivity index (χ4n) is 2.06. The number of hydrogen-bond donors (Lipinski definition) is 0. The average Bonchev–Trinajstić information content (AvgIpc) is 2.89. The molecule has 0 N–H and O–H groups in total. The Morgan fingerprint density at radius 1 is 1.19 bits per heavy atom. The quantitative estimate of drug-likeness (QED) is 0.650. The van der Waals surface area contributed by atoms with Crippen LogP contribution in [0.25, 0.3) is 11.0 Å². The maximum absolute atomic E-state index is 13.1. The lowest BCUT2D eigenvalue weighted by atomic mass is 10.1. The molecule has 0 unspecified atom stereocenters. The van der Waals surface area contributed by atoms with E-state index in [2.05, 4.69) is 15.9 Å². The van der Waals surface area contributed by atoms with E-state index in [0.29, 0.717) is 21.4 Å². The minimum Gasteiger partial charge on any atom is -0.497 e. The summed E-state index contributed by atoms with van der Waals surface area (Å²) in [5.41, 5.74) is 0.915. The highest BCUT2D eigenvalue weighted by molar-refractivity contribution is 9.10. The van der Waals surface area contributed by atoms with Gasteiger partial charge in [-0.3, -0.25) is 4.79 Å². The molecule has 0 spiro atoms. The Morgan fingerprint density at radius 3 is 2.71 bits per heavy atom. The van der Waals surface area contributed by atoms with E-state index in [1.165, 1.54) is 18.2 Å². The maximum atomic E-state index is 13.1. The van der Waals surface area contributed by atoms with Gasteiger partial charge in [-0.15, -0.1) is 0 Å². The first-order chi connectivity index (χ1) is 10.1. The minimum absolute atomic E-state index is 0.200. The zero-order valence-corrected chi connectivity index (χ0v) is 12.6. The lowest BCUT2D eigenvalue weighted by molar-refractivity contribution is 0.101. The van der Waals surface area contributed by atoms with E-state index < -0.39 is 5.82 Å². The van der Waals surface area contributed by atoms with Gasteiger partial charge in [-0.1, -0.05) is 0 Å². The molecule has 1 heterocycles. The van der Waals surface area contributed by atoms with Crippen molar-refractivity contribution in [3.05, 3.63) is 64.1 Å². The number of methoxy groups -OCH3 is 1. The highest BCUT2D eigenvalue weighted by atomic mass is 79.9. The molecule has 3 rings (SSSR count). The molecule has 1 aromatic heterocycles. The van der Waals surface area contributed by atoms with Gasteiger partial charge in [-0.25, -0.2) is 4.39 Å². The molecule has 3 nitrogen and oxygen atoms in total. The zero-order valence-electron chi connectivity index (χ0n) is 11.0. The second-order valence-electron chi connectivity index (χ2n) is 4.47. The molecule has 0 aliphatic carbocycles. The van der Waals surface area contributed by atoms with Crippen LogP contribution in [-0.2, 0) is 0 Å². The molecule has 0 aliphatic heterocycles. The van der Waals surface area contributed by atoms with Crippen LogP contribution >= 0.6 is 15.9 Å². The molecule has 106 valence electrons. The van der Waals surface area contributed by atoms with Crippen LogP contribution in [0.15, 0.2) is 51.4 Å². The van der Waals surface area contributed by atoms with Crippen molar-refractivity contribution in [2.75, 3.05) is 7.11 Å². The number of furan rings is 1. The summed E-state index contributed by atoms with van der Waals surface area (Å²) in [5.74, 6) is 0.134. The number of ketones is 1. The van der Waals surface area contributed by atoms with Gasteiger partial charge >= 0.3 is 0 Å². The standard InChI is InChI=1S/C16H10BrFO3/c1-20-11-4-2-9-6-15(21-14(9)8-11)16(19)12-5-3-10(18)7-13(12)17/h2-8H,1H3. The molecular weight excluding hydrogens is 339 g/mol. The predicted molar refractivity (Wildman–Crippen MR) is 80.3 cm³/mol. The highest BCUT2D eigenvalue weighted by Gasteiger charge is 2.17. The summed E-state index contributed by atoms with van der Waals surface area (Å²) in [7, 11) is 1.56. The minimum atomic E-state index is -0.409. The number of carbonyl (C=O) groups excluding carboxylic acids is 1. The van der Waals surface area contributed by atoms with Gasteiger partial charge in [-0.2, -0.15) is 0 Å². The fraction of sp³-hybridized carbons (Fsp3) is 0.0625. The normalized spacial score (nSPS) is 10.8. The van der Waals surface area contributed by atoms with Crippen molar-refractivity contribution < 1.29 is 18.3 Å². The summed E-state index contributed by atoms with van der Waals surface area (Å²) < 4.78 is 24.2. The molecule has 0 aliphatic rings. The van der Waals surface area contributed by atoms with Crippen LogP contribution in [-0.4, -0.2) is 12.9 Å². The molecule has 0 radical (unpaired) electrons. The van der Waals surface area contributed by atoms with Crippen LogP contribution in [0.1, 0.15) is 16.1 Å². The van der Waals surface area contributed by atoms with Crippen LogP contribution in [0.5, 0.6) is 5.75 Å². The molecule has 0 saturated carbocycles. The molecule has 0 amide bonds. The van der Waals surface area contributed by atoms with Crippen molar-refractivity contribution in [1.82, 2.24) is 0 Å². The van der Waals surface area contributed by atoms with Crippen molar-refractivity contribution in [3.8, 4) is 5.75 Å².